The zero-order chi connectivity index (χ0) is 23.8. The van der Waals surface area contributed by atoms with E-state index in [4.69, 9.17) is 32.1 Å². The molecule has 3 rings (SSSR count). The van der Waals surface area contributed by atoms with Gasteiger partial charge in [-0.05, 0) is 48.4 Å². The normalized spacial score (nSPS) is 9.91. The van der Waals surface area contributed by atoms with Crippen LogP contribution in [0.5, 0.6) is 5.75 Å². The Morgan fingerprint density at radius 2 is 1.88 bits per heavy atom. The number of nitrogens with one attached hydrogen (secondary N) is 2. The van der Waals surface area contributed by atoms with Gasteiger partial charge in [-0.3, -0.25) is 4.79 Å². The minimum atomic E-state index is -0.601. The van der Waals surface area contributed by atoms with Crippen LogP contribution in [0.3, 0.4) is 0 Å². The van der Waals surface area contributed by atoms with Gasteiger partial charge in [0.15, 0.2) is 0 Å². The largest absolute Gasteiger partial charge is 0.495 e. The summed E-state index contributed by atoms with van der Waals surface area (Å²) in [6, 6.07) is 15.9. The van der Waals surface area contributed by atoms with Crippen LogP contribution in [0, 0.1) is 34.0 Å². The monoisotopic (exact) mass is 460 g/mol. The molecule has 10 nitrogen and oxygen atoms in total. The molecule has 1 aromatic heterocycles. The summed E-state index contributed by atoms with van der Waals surface area (Å²) in [6.45, 7) is -0.296. The second-order valence-corrected chi connectivity index (χ2v) is 7.06. The lowest BCUT2D eigenvalue weighted by atomic mass is 10.1. The molecule has 0 aliphatic carbocycles. The fourth-order valence-electron chi connectivity index (χ4n) is 2.90. The third-order valence-electron chi connectivity index (χ3n) is 4.46. The van der Waals surface area contributed by atoms with Crippen molar-refractivity contribution in [3.05, 3.63) is 62.9 Å². The van der Waals surface area contributed by atoms with Gasteiger partial charge in [-0.1, -0.05) is 11.6 Å². The Kier molecular flexibility index (Phi) is 7.43. The summed E-state index contributed by atoms with van der Waals surface area (Å²) < 4.78 is 6.38. The van der Waals surface area contributed by atoms with Crippen molar-refractivity contribution in [2.75, 3.05) is 17.7 Å². The van der Waals surface area contributed by atoms with Crippen LogP contribution in [0.2, 0.25) is 5.02 Å². The number of aromatic nitrogens is 3. The van der Waals surface area contributed by atoms with Gasteiger partial charge in [0, 0.05) is 12.1 Å². The van der Waals surface area contributed by atoms with Crippen molar-refractivity contribution in [1.82, 2.24) is 14.8 Å². The Bertz CT molecular complexity index is 1350. The van der Waals surface area contributed by atoms with Crippen molar-refractivity contribution < 1.29 is 4.74 Å². The van der Waals surface area contributed by atoms with E-state index in [9.17, 15) is 4.79 Å². The van der Waals surface area contributed by atoms with Gasteiger partial charge in [-0.15, -0.1) is 5.10 Å². The first-order chi connectivity index (χ1) is 16.0. The Hall–Kier alpha value is -4.59. The fourth-order valence-corrected chi connectivity index (χ4v) is 3.19. The zero-order valence-corrected chi connectivity index (χ0v) is 18.2. The first kappa shape index (κ1) is 23.1. The highest BCUT2D eigenvalue weighted by molar-refractivity contribution is 6.33. The topological polar surface area (TPSA) is 152 Å². The number of aryl methyl sites for hydroxylation is 1. The number of anilines is 4. The molecule has 11 heteroatoms. The molecular weight excluding hydrogens is 444 g/mol. The Morgan fingerprint density at radius 1 is 1.12 bits per heavy atom. The van der Waals surface area contributed by atoms with E-state index in [-0.39, 0.29) is 18.3 Å². The number of ether oxygens (including phenoxy) is 1. The van der Waals surface area contributed by atoms with Crippen molar-refractivity contribution in [3.63, 3.8) is 0 Å². The van der Waals surface area contributed by atoms with Gasteiger partial charge in [-0.25, -0.2) is 4.68 Å². The predicted octanol–water partition coefficient (Wildman–Crippen LogP) is 3.64. The van der Waals surface area contributed by atoms with E-state index in [2.05, 4.69) is 26.8 Å². The molecule has 33 heavy (non-hydrogen) atoms. The second kappa shape index (κ2) is 10.6. The first-order valence-electron chi connectivity index (χ1n) is 9.62. The number of halogens is 1. The van der Waals surface area contributed by atoms with Crippen LogP contribution in [0.1, 0.15) is 17.5 Å². The minimum absolute atomic E-state index is 0.00553. The second-order valence-electron chi connectivity index (χ2n) is 6.66. The molecule has 0 unspecified atom stereocenters. The van der Waals surface area contributed by atoms with Crippen LogP contribution < -0.4 is 20.9 Å². The van der Waals surface area contributed by atoms with Crippen LogP contribution in [0.4, 0.5) is 23.1 Å². The van der Waals surface area contributed by atoms with E-state index in [1.54, 1.807) is 36.4 Å². The fraction of sp³-hybridized carbons (Fsp3) is 0.182. The summed E-state index contributed by atoms with van der Waals surface area (Å²) in [4.78, 5) is 16.9. The number of methoxy groups -OCH3 is 1. The van der Waals surface area contributed by atoms with Crippen LogP contribution in [0.15, 0.2) is 41.2 Å². The smallest absolute Gasteiger partial charge is 0.310 e. The van der Waals surface area contributed by atoms with Crippen LogP contribution in [-0.4, -0.2) is 21.9 Å². The predicted molar refractivity (Wildman–Crippen MR) is 122 cm³/mol. The molecule has 0 bridgehead atoms. The molecule has 0 atom stereocenters. The number of benzene rings is 2. The Labute approximate surface area is 194 Å². The summed E-state index contributed by atoms with van der Waals surface area (Å²) in [5, 5.41) is 37.1. The van der Waals surface area contributed by atoms with Crippen molar-refractivity contribution in [2.24, 2.45) is 0 Å². The molecule has 0 saturated heterocycles. The molecule has 0 amide bonds. The molecule has 2 aromatic carbocycles. The lowest BCUT2D eigenvalue weighted by Gasteiger charge is -2.15. The number of hydrogen-bond acceptors (Lipinski definition) is 9. The number of nitrogens with zero attached hydrogens (tertiary/aromatic N) is 6. The summed E-state index contributed by atoms with van der Waals surface area (Å²) in [5.74, 6) is 0.331. The summed E-state index contributed by atoms with van der Waals surface area (Å²) in [5.41, 5.74) is 1.58. The number of nitriles is 3. The summed E-state index contributed by atoms with van der Waals surface area (Å²) in [7, 11) is 1.47. The maximum atomic E-state index is 12.7. The highest BCUT2D eigenvalue weighted by Gasteiger charge is 2.16. The molecule has 0 saturated carbocycles. The van der Waals surface area contributed by atoms with E-state index in [0.717, 1.165) is 10.2 Å². The molecule has 0 fully saturated rings. The van der Waals surface area contributed by atoms with E-state index >= 15 is 0 Å². The third kappa shape index (κ3) is 5.56. The zero-order valence-electron chi connectivity index (χ0n) is 17.5. The van der Waals surface area contributed by atoms with Gasteiger partial charge in [0.2, 0.25) is 11.8 Å². The highest BCUT2D eigenvalue weighted by Crippen LogP contribution is 2.36. The minimum Gasteiger partial charge on any atom is -0.495 e. The van der Waals surface area contributed by atoms with Gasteiger partial charge in [0.1, 0.15) is 18.0 Å². The van der Waals surface area contributed by atoms with Gasteiger partial charge in [-0.2, -0.15) is 20.8 Å². The highest BCUT2D eigenvalue weighted by atomic mass is 35.5. The molecule has 0 radical (unpaired) electrons. The van der Waals surface area contributed by atoms with E-state index in [1.807, 2.05) is 12.1 Å². The lowest BCUT2D eigenvalue weighted by Crippen LogP contribution is -2.27. The molecule has 0 spiro atoms. The van der Waals surface area contributed by atoms with Crippen molar-refractivity contribution in [3.8, 4) is 24.0 Å². The molecule has 3 aromatic rings. The van der Waals surface area contributed by atoms with Crippen LogP contribution >= 0.6 is 11.6 Å². The molecule has 0 aliphatic heterocycles. The van der Waals surface area contributed by atoms with Crippen molar-refractivity contribution in [1.29, 1.82) is 15.8 Å². The number of rotatable bonds is 8. The Morgan fingerprint density at radius 3 is 2.52 bits per heavy atom. The molecule has 1 heterocycles. The van der Waals surface area contributed by atoms with E-state index < -0.39 is 5.56 Å². The van der Waals surface area contributed by atoms with Gasteiger partial charge >= 0.3 is 5.56 Å². The lowest BCUT2D eigenvalue weighted by molar-refractivity contribution is 0.416. The number of hydrogen-bond donors (Lipinski definition) is 2. The van der Waals surface area contributed by atoms with Gasteiger partial charge in [0.25, 0.3) is 0 Å². The molecule has 2 N–H and O–H groups in total. The molecular formula is C22H17ClN8O2. The quantitative estimate of drug-likeness (QED) is 0.512. The average molecular weight is 461 g/mol. The van der Waals surface area contributed by atoms with Crippen molar-refractivity contribution in [2.45, 2.75) is 19.4 Å². The van der Waals surface area contributed by atoms with Gasteiger partial charge in [0.05, 0.1) is 35.9 Å². The van der Waals surface area contributed by atoms with Gasteiger partial charge < -0.3 is 15.4 Å². The van der Waals surface area contributed by atoms with E-state index in [0.29, 0.717) is 40.6 Å². The molecule has 0 aliphatic rings. The van der Waals surface area contributed by atoms with Crippen molar-refractivity contribution >= 4 is 34.7 Å². The van der Waals surface area contributed by atoms with Crippen LogP contribution in [-0.2, 0) is 13.0 Å². The average Bonchev–Trinajstić information content (AvgIpc) is 2.82. The summed E-state index contributed by atoms with van der Waals surface area (Å²) in [6.07, 6.45) is 0.841. The standard InChI is InChI=1S/C22H17ClN8O2/c1-33-18-12-15(3-2-8-24)11-17(23)19(18)28-22-29-20(21(32)31(30-22)10-9-25)27-16-6-4-14(13-26)5-7-16/h4-7,11-12H,2-3,10H2,1H3,(H2,27,28,29,30). The first-order valence-corrected chi connectivity index (χ1v) is 10.0. The Balaban J connectivity index is 1.99. The summed E-state index contributed by atoms with van der Waals surface area (Å²) >= 11 is 6.43. The van der Waals surface area contributed by atoms with E-state index in [1.165, 1.54) is 7.11 Å². The molecule has 164 valence electrons. The maximum Gasteiger partial charge on any atom is 0.310 e. The maximum absolute atomic E-state index is 12.7. The van der Waals surface area contributed by atoms with Crippen LogP contribution in [0.25, 0.3) is 0 Å². The SMILES string of the molecule is COc1cc(CCC#N)cc(Cl)c1Nc1nc(Nc2ccc(C#N)cc2)c(=O)n(CC#N)n1. The third-order valence-corrected chi connectivity index (χ3v) is 4.76.